The van der Waals surface area contributed by atoms with E-state index < -0.39 is 0 Å². The number of ether oxygens (including phenoxy) is 1. The molecule has 1 aliphatic heterocycles. The Balaban J connectivity index is 1.71. The second-order valence-corrected chi connectivity index (χ2v) is 5.13. The summed E-state index contributed by atoms with van der Waals surface area (Å²) in [5, 5.41) is 2.82. The van der Waals surface area contributed by atoms with Gasteiger partial charge in [-0.3, -0.25) is 9.78 Å². The topological polar surface area (TPSA) is 63.6 Å². The third-order valence-corrected chi connectivity index (χ3v) is 3.58. The van der Waals surface area contributed by atoms with Crippen molar-refractivity contribution in [2.45, 2.75) is 12.8 Å². The zero-order valence-corrected chi connectivity index (χ0v) is 12.8. The Bertz CT molecular complexity index is 767. The summed E-state index contributed by atoms with van der Waals surface area (Å²) in [6.07, 6.45) is 6.54. The predicted octanol–water partition coefficient (Wildman–Crippen LogP) is 2.59. The average molecular weight is 307 g/mol. The summed E-state index contributed by atoms with van der Waals surface area (Å²) < 4.78 is 5.34. The van der Waals surface area contributed by atoms with E-state index in [1.807, 2.05) is 36.4 Å². The number of pyridine rings is 1. The first-order valence-corrected chi connectivity index (χ1v) is 7.39. The number of nitrogens with one attached hydrogen (secondary N) is 1. The van der Waals surface area contributed by atoms with Crippen molar-refractivity contribution in [2.75, 3.05) is 7.11 Å². The molecule has 2 aromatic rings. The molecule has 0 radical (unpaired) electrons. The molecule has 0 saturated carbocycles. The molecule has 3 rings (SSSR count). The molecule has 5 heteroatoms. The fourth-order valence-corrected chi connectivity index (χ4v) is 2.42. The van der Waals surface area contributed by atoms with Crippen molar-refractivity contribution in [3.05, 3.63) is 65.6 Å². The van der Waals surface area contributed by atoms with E-state index in [0.29, 0.717) is 18.0 Å². The van der Waals surface area contributed by atoms with Gasteiger partial charge < -0.3 is 10.1 Å². The number of amidine groups is 1. The maximum Gasteiger partial charge on any atom is 0.275 e. The van der Waals surface area contributed by atoms with E-state index >= 15 is 0 Å². The minimum absolute atomic E-state index is 0.170. The van der Waals surface area contributed by atoms with Crippen LogP contribution in [0, 0.1) is 0 Å². The van der Waals surface area contributed by atoms with Crippen LogP contribution in [0.1, 0.15) is 17.5 Å². The van der Waals surface area contributed by atoms with E-state index in [4.69, 9.17) is 4.74 Å². The van der Waals surface area contributed by atoms with Gasteiger partial charge in [0.1, 0.15) is 17.3 Å². The van der Waals surface area contributed by atoms with Gasteiger partial charge in [-0.1, -0.05) is 18.2 Å². The van der Waals surface area contributed by atoms with Crippen molar-refractivity contribution in [1.29, 1.82) is 0 Å². The number of aryl methyl sites for hydroxylation is 1. The predicted molar refractivity (Wildman–Crippen MR) is 89.1 cm³/mol. The maximum absolute atomic E-state index is 12.0. The van der Waals surface area contributed by atoms with Gasteiger partial charge in [0.15, 0.2) is 0 Å². The summed E-state index contributed by atoms with van der Waals surface area (Å²) in [6, 6.07) is 11.5. The molecule has 1 aromatic carbocycles. The number of nitrogens with zero attached hydrogens (tertiary/aromatic N) is 2. The average Bonchev–Trinajstić information content (AvgIpc) is 2.94. The molecule has 1 aliphatic rings. The van der Waals surface area contributed by atoms with E-state index in [0.717, 1.165) is 23.3 Å². The second kappa shape index (κ2) is 6.87. The summed E-state index contributed by atoms with van der Waals surface area (Å²) in [6.45, 7) is 0. The molecule has 0 spiro atoms. The molecule has 23 heavy (non-hydrogen) atoms. The largest absolute Gasteiger partial charge is 0.496 e. The van der Waals surface area contributed by atoms with Crippen molar-refractivity contribution < 1.29 is 9.53 Å². The van der Waals surface area contributed by atoms with Crippen LogP contribution in [0.5, 0.6) is 5.75 Å². The van der Waals surface area contributed by atoms with Crippen LogP contribution in [0.15, 0.2) is 59.5 Å². The molecule has 0 atom stereocenters. The number of methoxy groups -OCH3 is 1. The molecule has 1 N–H and O–H groups in total. The molecule has 0 fully saturated rings. The number of amides is 1. The van der Waals surface area contributed by atoms with E-state index in [9.17, 15) is 4.79 Å². The highest BCUT2D eigenvalue weighted by atomic mass is 16.5. The van der Waals surface area contributed by atoms with Gasteiger partial charge in [0.2, 0.25) is 0 Å². The van der Waals surface area contributed by atoms with Crippen LogP contribution >= 0.6 is 0 Å². The monoisotopic (exact) mass is 307 g/mol. The summed E-state index contributed by atoms with van der Waals surface area (Å²) in [5.41, 5.74) is 2.42. The molecule has 0 aliphatic carbocycles. The van der Waals surface area contributed by atoms with Gasteiger partial charge in [-0.15, -0.1) is 0 Å². The van der Waals surface area contributed by atoms with Crippen LogP contribution < -0.4 is 10.1 Å². The van der Waals surface area contributed by atoms with Gasteiger partial charge in [-0.25, -0.2) is 4.99 Å². The van der Waals surface area contributed by atoms with Gasteiger partial charge in [-0.2, -0.15) is 0 Å². The van der Waals surface area contributed by atoms with Gasteiger partial charge in [-0.05, 0) is 41.8 Å². The Hall–Kier alpha value is -2.95. The van der Waals surface area contributed by atoms with Crippen molar-refractivity contribution in [2.24, 2.45) is 4.99 Å². The first-order chi connectivity index (χ1) is 11.3. The van der Waals surface area contributed by atoms with Crippen LogP contribution in [-0.4, -0.2) is 23.8 Å². The Morgan fingerprint density at radius 2 is 1.91 bits per heavy atom. The zero-order chi connectivity index (χ0) is 16.1. The van der Waals surface area contributed by atoms with E-state index in [2.05, 4.69) is 15.3 Å². The smallest absolute Gasteiger partial charge is 0.275 e. The minimum atomic E-state index is -0.170. The molecule has 0 bridgehead atoms. The number of carbonyl (C=O) groups excluding carboxylic acids is 1. The second-order valence-electron chi connectivity index (χ2n) is 5.13. The minimum Gasteiger partial charge on any atom is -0.496 e. The molecule has 1 aromatic heterocycles. The lowest BCUT2D eigenvalue weighted by Gasteiger charge is -2.07. The fraction of sp³-hybridized carbons (Fsp3) is 0.167. The lowest BCUT2D eigenvalue weighted by molar-refractivity contribution is -0.115. The molecular weight excluding hydrogens is 290 g/mol. The van der Waals surface area contributed by atoms with Crippen LogP contribution in [0.3, 0.4) is 0 Å². The first kappa shape index (κ1) is 15.0. The third-order valence-electron chi connectivity index (χ3n) is 3.58. The Labute approximate surface area is 134 Å². The highest BCUT2D eigenvalue weighted by Crippen LogP contribution is 2.20. The van der Waals surface area contributed by atoms with Gasteiger partial charge >= 0.3 is 0 Å². The molecule has 0 unspecified atom stereocenters. The first-order valence-electron chi connectivity index (χ1n) is 7.39. The number of hydrogen-bond donors (Lipinski definition) is 1. The third kappa shape index (κ3) is 3.63. The van der Waals surface area contributed by atoms with E-state index in [1.54, 1.807) is 25.6 Å². The SMILES string of the molecule is COc1ccccc1CCC1=N/C(=C/c2ccncc2)C(=O)N1. The van der Waals surface area contributed by atoms with Gasteiger partial charge in [0.25, 0.3) is 5.91 Å². The number of para-hydroxylation sites is 1. The van der Waals surface area contributed by atoms with E-state index in [-0.39, 0.29) is 5.91 Å². The lowest BCUT2D eigenvalue weighted by atomic mass is 10.1. The molecular formula is C18H17N3O2. The van der Waals surface area contributed by atoms with Crippen molar-refractivity contribution in [3.8, 4) is 5.75 Å². The van der Waals surface area contributed by atoms with Crippen LogP contribution in [0.25, 0.3) is 6.08 Å². The van der Waals surface area contributed by atoms with Gasteiger partial charge in [0, 0.05) is 18.8 Å². The standard InChI is InChI=1S/C18H17N3O2/c1-23-16-5-3-2-4-14(16)6-7-17-20-15(18(22)21-17)12-13-8-10-19-11-9-13/h2-5,8-12H,6-7H2,1H3,(H,20,21,22)/b15-12+. The highest BCUT2D eigenvalue weighted by molar-refractivity contribution is 6.14. The summed E-state index contributed by atoms with van der Waals surface area (Å²) >= 11 is 0. The van der Waals surface area contributed by atoms with Crippen LogP contribution in [0.2, 0.25) is 0 Å². The summed E-state index contributed by atoms with van der Waals surface area (Å²) in [4.78, 5) is 20.3. The normalized spacial score (nSPS) is 15.4. The molecule has 116 valence electrons. The lowest BCUT2D eigenvalue weighted by Crippen LogP contribution is -2.24. The highest BCUT2D eigenvalue weighted by Gasteiger charge is 2.19. The number of aliphatic imine (C=N–C) groups is 1. The number of benzene rings is 1. The quantitative estimate of drug-likeness (QED) is 0.864. The van der Waals surface area contributed by atoms with Crippen molar-refractivity contribution >= 4 is 17.8 Å². The summed E-state index contributed by atoms with van der Waals surface area (Å²) in [5.74, 6) is 1.36. The maximum atomic E-state index is 12.0. The number of aromatic nitrogens is 1. The number of hydrogen-bond acceptors (Lipinski definition) is 4. The van der Waals surface area contributed by atoms with Gasteiger partial charge in [0.05, 0.1) is 7.11 Å². The molecule has 1 amide bonds. The molecule has 2 heterocycles. The number of rotatable bonds is 5. The van der Waals surface area contributed by atoms with Crippen LogP contribution in [0.4, 0.5) is 0 Å². The Morgan fingerprint density at radius 3 is 2.70 bits per heavy atom. The van der Waals surface area contributed by atoms with E-state index in [1.165, 1.54) is 0 Å². The summed E-state index contributed by atoms with van der Waals surface area (Å²) in [7, 11) is 1.66. The van der Waals surface area contributed by atoms with Crippen molar-refractivity contribution in [1.82, 2.24) is 10.3 Å². The Morgan fingerprint density at radius 1 is 1.13 bits per heavy atom. The Kier molecular flexibility index (Phi) is 4.47. The van der Waals surface area contributed by atoms with Crippen molar-refractivity contribution in [3.63, 3.8) is 0 Å². The fourth-order valence-electron chi connectivity index (χ4n) is 2.42. The van der Waals surface area contributed by atoms with Crippen LogP contribution in [-0.2, 0) is 11.2 Å². The number of carbonyl (C=O) groups is 1. The molecule has 0 saturated heterocycles. The molecule has 5 nitrogen and oxygen atoms in total. The zero-order valence-electron chi connectivity index (χ0n) is 12.8.